The lowest BCUT2D eigenvalue weighted by molar-refractivity contribution is 0.660. The Kier molecular flexibility index (Phi) is 5.79. The quantitative estimate of drug-likeness (QED) is 0.192. The first-order valence-corrected chi connectivity index (χ1v) is 17.3. The zero-order valence-electron chi connectivity index (χ0n) is 26.7. The van der Waals surface area contributed by atoms with Crippen LogP contribution in [0, 0.1) is 0 Å². The molecule has 9 aromatic rings. The second-order valence-corrected chi connectivity index (χ2v) is 14.3. The van der Waals surface area contributed by atoms with Crippen molar-refractivity contribution >= 4 is 70.5 Å². The SMILES string of the molecule is CC1(C)c2cc(N(c3ccc4sc5ccccc5c4c3)c3ccccn3)ccc2-c2ccc(-n3c4ccccc4c4ccccc43)cc21. The molecule has 0 atom stereocenters. The Balaban J connectivity index is 1.12. The first-order chi connectivity index (χ1) is 23.6. The monoisotopic (exact) mass is 633 g/mol. The molecule has 4 heteroatoms. The van der Waals surface area contributed by atoms with E-state index in [0.717, 1.165) is 17.2 Å². The molecule has 6 aromatic carbocycles. The highest BCUT2D eigenvalue weighted by Crippen LogP contribution is 2.51. The number of thiophene rings is 1. The topological polar surface area (TPSA) is 21.1 Å². The Hall–Kier alpha value is -5.71. The van der Waals surface area contributed by atoms with Crippen molar-refractivity contribution in [2.24, 2.45) is 0 Å². The molecule has 1 aliphatic rings. The molecule has 0 amide bonds. The van der Waals surface area contributed by atoms with Crippen molar-refractivity contribution in [2.45, 2.75) is 19.3 Å². The third-order valence-electron chi connectivity index (χ3n) is 10.2. The largest absolute Gasteiger partial charge is 0.309 e. The van der Waals surface area contributed by atoms with Gasteiger partial charge >= 0.3 is 0 Å². The van der Waals surface area contributed by atoms with Crippen molar-refractivity contribution in [3.05, 3.63) is 163 Å². The fourth-order valence-electron chi connectivity index (χ4n) is 7.95. The second-order valence-electron chi connectivity index (χ2n) is 13.3. The molecular formula is C44H31N3S. The van der Waals surface area contributed by atoms with E-state index in [4.69, 9.17) is 4.98 Å². The average molecular weight is 634 g/mol. The highest BCUT2D eigenvalue weighted by atomic mass is 32.1. The van der Waals surface area contributed by atoms with Crippen LogP contribution in [0.2, 0.25) is 0 Å². The van der Waals surface area contributed by atoms with E-state index in [1.807, 2.05) is 23.6 Å². The number of rotatable bonds is 4. The van der Waals surface area contributed by atoms with Crippen LogP contribution in [0.25, 0.3) is 58.8 Å². The first kappa shape index (κ1) is 27.4. The lowest BCUT2D eigenvalue weighted by Gasteiger charge is -2.27. The molecule has 0 spiro atoms. The van der Waals surface area contributed by atoms with Gasteiger partial charge in [-0.3, -0.25) is 4.90 Å². The molecule has 48 heavy (non-hydrogen) atoms. The van der Waals surface area contributed by atoms with Crippen LogP contribution in [0.15, 0.2) is 152 Å². The maximum absolute atomic E-state index is 4.85. The van der Waals surface area contributed by atoms with Gasteiger partial charge in [0.15, 0.2) is 0 Å². The number of fused-ring (bicyclic) bond motifs is 9. The lowest BCUT2D eigenvalue weighted by atomic mass is 9.82. The Labute approximate surface area is 283 Å². The summed E-state index contributed by atoms with van der Waals surface area (Å²) in [6, 6.07) is 53.1. The van der Waals surface area contributed by atoms with Gasteiger partial charge in [0.1, 0.15) is 5.82 Å². The molecule has 3 aromatic heterocycles. The summed E-state index contributed by atoms with van der Waals surface area (Å²) in [5.41, 5.74) is 11.0. The molecule has 0 aliphatic heterocycles. The molecule has 0 N–H and O–H groups in total. The fraction of sp³-hybridized carbons (Fsp3) is 0.0682. The van der Waals surface area contributed by atoms with Gasteiger partial charge in [0.25, 0.3) is 0 Å². The van der Waals surface area contributed by atoms with Crippen molar-refractivity contribution < 1.29 is 0 Å². The first-order valence-electron chi connectivity index (χ1n) is 16.5. The second kappa shape index (κ2) is 10.1. The molecule has 0 fully saturated rings. The van der Waals surface area contributed by atoms with Crippen molar-refractivity contribution in [2.75, 3.05) is 4.90 Å². The van der Waals surface area contributed by atoms with Crippen molar-refractivity contribution in [3.63, 3.8) is 0 Å². The number of anilines is 3. The van der Waals surface area contributed by atoms with E-state index in [-0.39, 0.29) is 5.41 Å². The van der Waals surface area contributed by atoms with E-state index in [9.17, 15) is 0 Å². The molecule has 1 aliphatic carbocycles. The molecular weight excluding hydrogens is 603 g/mol. The van der Waals surface area contributed by atoms with Gasteiger partial charge in [-0.1, -0.05) is 86.6 Å². The van der Waals surface area contributed by atoms with Gasteiger partial charge in [-0.25, -0.2) is 4.98 Å². The minimum atomic E-state index is -0.196. The summed E-state index contributed by atoms with van der Waals surface area (Å²) in [6.45, 7) is 4.73. The summed E-state index contributed by atoms with van der Waals surface area (Å²) in [6.07, 6.45) is 1.88. The van der Waals surface area contributed by atoms with E-state index in [0.29, 0.717) is 0 Å². The Bertz CT molecular complexity index is 2660. The summed E-state index contributed by atoms with van der Waals surface area (Å²) in [7, 11) is 0. The number of benzene rings is 6. The molecule has 0 bridgehead atoms. The summed E-state index contributed by atoms with van der Waals surface area (Å²) >= 11 is 1.85. The predicted molar refractivity (Wildman–Crippen MR) is 204 cm³/mol. The van der Waals surface area contributed by atoms with Gasteiger partial charge in [-0.15, -0.1) is 11.3 Å². The van der Waals surface area contributed by atoms with E-state index >= 15 is 0 Å². The maximum atomic E-state index is 4.85. The number of para-hydroxylation sites is 2. The van der Waals surface area contributed by atoms with Crippen LogP contribution in [-0.2, 0) is 5.41 Å². The fourth-order valence-corrected chi connectivity index (χ4v) is 9.03. The standard InChI is InChI=1S/C44H31N3S/c1-44(2)37-26-29(46(43-17-9-10-24-45-43)28-20-23-42-36(25-28)35-13-5-8-16-41(35)48-42)18-21-31(37)32-22-19-30(27-38(32)44)47-39-14-6-3-11-33(39)34-12-4-7-15-40(34)47/h3-27H,1-2H3. The molecule has 0 unspecified atom stereocenters. The predicted octanol–water partition coefficient (Wildman–Crippen LogP) is 12.3. The summed E-state index contributed by atoms with van der Waals surface area (Å²) in [4.78, 5) is 7.15. The van der Waals surface area contributed by atoms with E-state index in [2.05, 4.69) is 163 Å². The third kappa shape index (κ3) is 3.90. The van der Waals surface area contributed by atoms with Crippen LogP contribution in [0.5, 0.6) is 0 Å². The lowest BCUT2D eigenvalue weighted by Crippen LogP contribution is -2.17. The summed E-state index contributed by atoms with van der Waals surface area (Å²) in [5, 5.41) is 5.14. The van der Waals surface area contributed by atoms with Crippen molar-refractivity contribution in [1.29, 1.82) is 0 Å². The zero-order chi connectivity index (χ0) is 32.0. The average Bonchev–Trinajstić information content (AvgIpc) is 3.74. The van der Waals surface area contributed by atoms with Gasteiger partial charge in [0.2, 0.25) is 0 Å². The number of pyridine rings is 1. The molecule has 0 saturated carbocycles. The minimum absolute atomic E-state index is 0.196. The highest BCUT2D eigenvalue weighted by Gasteiger charge is 2.36. The number of hydrogen-bond donors (Lipinski definition) is 0. The van der Waals surface area contributed by atoms with Crippen LogP contribution in [0.1, 0.15) is 25.0 Å². The summed E-state index contributed by atoms with van der Waals surface area (Å²) in [5.74, 6) is 0.901. The van der Waals surface area contributed by atoms with Crippen molar-refractivity contribution in [3.8, 4) is 16.8 Å². The number of aromatic nitrogens is 2. The molecule has 0 saturated heterocycles. The molecule has 3 nitrogen and oxygen atoms in total. The van der Waals surface area contributed by atoms with Crippen molar-refractivity contribution in [1.82, 2.24) is 9.55 Å². The van der Waals surface area contributed by atoms with Gasteiger partial charge in [-0.05, 0) is 95.1 Å². The van der Waals surface area contributed by atoms with Crippen LogP contribution in [0.3, 0.4) is 0 Å². The normalized spacial score (nSPS) is 13.4. The Morgan fingerprint density at radius 2 is 1.15 bits per heavy atom. The Morgan fingerprint density at radius 1 is 0.542 bits per heavy atom. The number of nitrogens with zero attached hydrogens (tertiary/aromatic N) is 3. The minimum Gasteiger partial charge on any atom is -0.309 e. The van der Waals surface area contributed by atoms with Gasteiger partial charge < -0.3 is 4.57 Å². The van der Waals surface area contributed by atoms with Crippen LogP contribution < -0.4 is 4.90 Å². The molecule has 3 heterocycles. The van der Waals surface area contributed by atoms with Crippen LogP contribution in [-0.4, -0.2) is 9.55 Å². The van der Waals surface area contributed by atoms with E-state index < -0.39 is 0 Å². The van der Waals surface area contributed by atoms with Gasteiger partial charge in [0, 0.05) is 59.6 Å². The third-order valence-corrected chi connectivity index (χ3v) is 11.4. The highest BCUT2D eigenvalue weighted by molar-refractivity contribution is 7.25. The van der Waals surface area contributed by atoms with E-state index in [1.54, 1.807) is 0 Å². The van der Waals surface area contributed by atoms with Crippen LogP contribution >= 0.6 is 11.3 Å². The zero-order valence-corrected chi connectivity index (χ0v) is 27.5. The maximum Gasteiger partial charge on any atom is 0.137 e. The summed E-state index contributed by atoms with van der Waals surface area (Å²) < 4.78 is 5.03. The number of hydrogen-bond acceptors (Lipinski definition) is 3. The molecule has 10 rings (SSSR count). The van der Waals surface area contributed by atoms with Crippen LogP contribution in [0.4, 0.5) is 17.2 Å². The molecule has 228 valence electrons. The van der Waals surface area contributed by atoms with E-state index in [1.165, 1.54) is 69.9 Å². The molecule has 0 radical (unpaired) electrons. The van der Waals surface area contributed by atoms with Gasteiger partial charge in [0.05, 0.1) is 11.0 Å². The smallest absolute Gasteiger partial charge is 0.137 e. The van der Waals surface area contributed by atoms with Gasteiger partial charge in [-0.2, -0.15) is 0 Å². The Morgan fingerprint density at radius 3 is 1.90 bits per heavy atom.